The number of hydrogen-bond acceptors (Lipinski definition) is 4. The van der Waals surface area contributed by atoms with Crippen LogP contribution in [0.3, 0.4) is 0 Å². The maximum Gasteiger partial charge on any atom is 1.00 e. The number of rotatable bonds is 3. The zero-order valence-electron chi connectivity index (χ0n) is 12.8. The van der Waals surface area contributed by atoms with Crippen LogP contribution in [0.5, 0.6) is 0 Å². The number of pyridine rings is 1. The summed E-state index contributed by atoms with van der Waals surface area (Å²) in [7, 11) is -3.89. The van der Waals surface area contributed by atoms with Gasteiger partial charge in [0, 0.05) is 6.20 Å². The number of nitriles is 1. The van der Waals surface area contributed by atoms with Crippen LogP contribution in [0, 0.1) is 18.3 Å². The number of nitrogens with zero attached hydrogens (tertiary/aromatic N) is 2. The summed E-state index contributed by atoms with van der Waals surface area (Å²) >= 11 is 11.6. The molecule has 0 amide bonds. The van der Waals surface area contributed by atoms with Crippen molar-refractivity contribution in [3.63, 3.8) is 0 Å². The molecule has 0 bridgehead atoms. The van der Waals surface area contributed by atoms with Crippen LogP contribution in [0.25, 0.3) is 0 Å². The number of aromatic nitrogens is 1. The number of halogens is 2. The van der Waals surface area contributed by atoms with Crippen molar-refractivity contribution in [1.29, 1.82) is 5.26 Å². The van der Waals surface area contributed by atoms with Crippen LogP contribution in [0.1, 0.15) is 12.7 Å². The Bertz CT molecular complexity index is 857. The molecule has 0 aliphatic heterocycles. The Morgan fingerprint density at radius 2 is 1.95 bits per heavy atom. The van der Waals surface area contributed by atoms with Gasteiger partial charge in [-0.15, -0.1) is 0 Å². The van der Waals surface area contributed by atoms with Gasteiger partial charge in [-0.3, -0.25) is 4.72 Å². The van der Waals surface area contributed by atoms with Crippen molar-refractivity contribution in [2.75, 3.05) is 4.72 Å². The van der Waals surface area contributed by atoms with Gasteiger partial charge in [0.2, 0.25) is 0 Å². The van der Waals surface area contributed by atoms with Crippen molar-refractivity contribution in [3.8, 4) is 6.07 Å². The fraction of sp³-hybridized carbons (Fsp3) is 0.0769. The summed E-state index contributed by atoms with van der Waals surface area (Å²) in [4.78, 5) is 3.82. The Balaban J connectivity index is 0.00000242. The molecule has 1 heterocycles. The van der Waals surface area contributed by atoms with Crippen LogP contribution >= 0.6 is 23.2 Å². The first kappa shape index (κ1) is 19.2. The van der Waals surface area contributed by atoms with Crippen LogP contribution in [0.15, 0.2) is 35.4 Å². The van der Waals surface area contributed by atoms with Gasteiger partial charge < -0.3 is 1.43 Å². The molecule has 5 nitrogen and oxygen atoms in total. The van der Waals surface area contributed by atoms with E-state index in [9.17, 15) is 8.42 Å². The molecule has 1 N–H and O–H groups in total. The fourth-order valence-corrected chi connectivity index (χ4v) is 3.03. The number of aryl methyl sites for hydroxylation is 1. The van der Waals surface area contributed by atoms with Gasteiger partial charge in [-0.05, 0) is 36.8 Å². The van der Waals surface area contributed by atoms with Gasteiger partial charge in [0.05, 0.1) is 20.6 Å². The Hall–Kier alpha value is -0.810. The van der Waals surface area contributed by atoms with Crippen molar-refractivity contribution < 1.29 is 39.4 Å². The van der Waals surface area contributed by atoms with Crippen LogP contribution in [0.2, 0.25) is 10.0 Å². The van der Waals surface area contributed by atoms with E-state index in [1.165, 1.54) is 30.5 Å². The summed E-state index contributed by atoms with van der Waals surface area (Å²) in [6, 6.07) is 7.31. The van der Waals surface area contributed by atoms with Crippen molar-refractivity contribution in [2.24, 2.45) is 0 Å². The van der Waals surface area contributed by atoms with E-state index in [2.05, 4.69) is 9.71 Å². The molecule has 110 valence electrons. The van der Waals surface area contributed by atoms with Gasteiger partial charge in [-0.25, -0.2) is 13.4 Å². The van der Waals surface area contributed by atoms with Crippen molar-refractivity contribution in [3.05, 3.63) is 51.8 Å². The molecule has 0 saturated heterocycles. The van der Waals surface area contributed by atoms with Crippen LogP contribution in [-0.4, -0.2) is 13.4 Å². The Labute approximate surface area is 162 Å². The molecule has 0 atom stereocenters. The molecule has 0 unspecified atom stereocenters. The van der Waals surface area contributed by atoms with Gasteiger partial charge in [0.25, 0.3) is 10.0 Å². The number of sulfonamides is 1. The standard InChI is InChI=1S/C13H9Cl2N3O2S.Na.H/c1-8-4-12(13(6-16)17-7-8)18-21(19,20)9-2-3-10(14)11(15)5-9;;/h2-5,7,18H,1H3;;/q;+1;-1. The molecule has 0 saturated carbocycles. The minimum atomic E-state index is -3.89. The number of nitrogens with one attached hydrogen (secondary N) is 1. The summed E-state index contributed by atoms with van der Waals surface area (Å²) in [6.07, 6.45) is 1.48. The minimum absolute atomic E-state index is 0. The second-order valence-electron chi connectivity index (χ2n) is 4.20. The average molecular weight is 366 g/mol. The van der Waals surface area contributed by atoms with Crippen LogP contribution in [0.4, 0.5) is 5.69 Å². The smallest absolute Gasteiger partial charge is 1.00 e. The normalized spacial score (nSPS) is 10.5. The molecule has 1 aromatic carbocycles. The van der Waals surface area contributed by atoms with Crippen molar-refractivity contribution >= 4 is 38.9 Å². The van der Waals surface area contributed by atoms with E-state index < -0.39 is 10.0 Å². The zero-order chi connectivity index (χ0) is 15.6. The molecule has 9 heteroatoms. The third-order valence-electron chi connectivity index (χ3n) is 2.58. The Kier molecular flexibility index (Phi) is 6.68. The molecule has 2 aromatic rings. The van der Waals surface area contributed by atoms with E-state index in [-0.39, 0.29) is 57.3 Å². The van der Waals surface area contributed by atoms with E-state index in [4.69, 9.17) is 28.5 Å². The zero-order valence-corrected chi connectivity index (χ0v) is 16.1. The molecule has 22 heavy (non-hydrogen) atoms. The molecular weight excluding hydrogens is 356 g/mol. The number of anilines is 1. The van der Waals surface area contributed by atoms with Crippen LogP contribution < -0.4 is 34.3 Å². The quantitative estimate of drug-likeness (QED) is 0.802. The van der Waals surface area contributed by atoms with E-state index in [0.717, 1.165) is 5.56 Å². The predicted octanol–water partition coefficient (Wildman–Crippen LogP) is 0.486. The second kappa shape index (κ2) is 7.64. The van der Waals surface area contributed by atoms with Gasteiger partial charge >= 0.3 is 29.6 Å². The number of hydrogen-bond donors (Lipinski definition) is 1. The maximum atomic E-state index is 12.3. The monoisotopic (exact) mass is 365 g/mol. The Morgan fingerprint density at radius 1 is 1.27 bits per heavy atom. The maximum absolute atomic E-state index is 12.3. The summed E-state index contributed by atoms with van der Waals surface area (Å²) in [6.45, 7) is 1.74. The first-order chi connectivity index (χ1) is 9.83. The summed E-state index contributed by atoms with van der Waals surface area (Å²) in [5, 5.41) is 9.35. The third kappa shape index (κ3) is 4.35. The molecule has 0 aliphatic rings. The Morgan fingerprint density at radius 3 is 2.55 bits per heavy atom. The average Bonchev–Trinajstić information content (AvgIpc) is 2.41. The molecular formula is C13H10Cl2N3NaO2S. The molecule has 0 radical (unpaired) electrons. The first-order valence-corrected chi connectivity index (χ1v) is 7.92. The summed E-state index contributed by atoms with van der Waals surface area (Å²) in [5.41, 5.74) is 0.827. The van der Waals surface area contributed by atoms with E-state index >= 15 is 0 Å². The van der Waals surface area contributed by atoms with E-state index in [0.29, 0.717) is 0 Å². The van der Waals surface area contributed by atoms with Crippen molar-refractivity contribution in [1.82, 2.24) is 4.98 Å². The van der Waals surface area contributed by atoms with E-state index in [1.807, 2.05) is 6.07 Å². The second-order valence-corrected chi connectivity index (χ2v) is 6.70. The van der Waals surface area contributed by atoms with Gasteiger partial charge in [0.15, 0.2) is 5.69 Å². The topological polar surface area (TPSA) is 82.8 Å². The number of benzene rings is 1. The molecule has 2 rings (SSSR count). The predicted molar refractivity (Wildman–Crippen MR) is 82.1 cm³/mol. The summed E-state index contributed by atoms with van der Waals surface area (Å²) in [5.74, 6) is 0. The van der Waals surface area contributed by atoms with Gasteiger partial charge in [-0.2, -0.15) is 5.26 Å². The fourth-order valence-electron chi connectivity index (χ4n) is 1.58. The molecule has 0 spiro atoms. The summed E-state index contributed by atoms with van der Waals surface area (Å²) < 4.78 is 26.9. The minimum Gasteiger partial charge on any atom is -1.00 e. The largest absolute Gasteiger partial charge is 1.00 e. The van der Waals surface area contributed by atoms with Gasteiger partial charge in [-0.1, -0.05) is 23.2 Å². The SMILES string of the molecule is Cc1cnc(C#N)c(NS(=O)(=O)c2ccc(Cl)c(Cl)c2)c1.[H-].[Na+]. The first-order valence-electron chi connectivity index (χ1n) is 5.68. The van der Waals surface area contributed by atoms with Crippen LogP contribution in [-0.2, 0) is 10.0 Å². The third-order valence-corrected chi connectivity index (χ3v) is 4.68. The molecule has 0 fully saturated rings. The molecule has 1 aromatic heterocycles. The van der Waals surface area contributed by atoms with Crippen molar-refractivity contribution in [2.45, 2.75) is 11.8 Å². The van der Waals surface area contributed by atoms with Gasteiger partial charge in [0.1, 0.15) is 6.07 Å². The van der Waals surface area contributed by atoms with E-state index in [1.54, 1.807) is 6.92 Å². The molecule has 0 aliphatic carbocycles.